The third-order valence-electron chi connectivity index (χ3n) is 4.22. The van der Waals surface area contributed by atoms with Gasteiger partial charge in [0.2, 0.25) is 0 Å². The standard InChI is InChI=1S/C17H20FN3O/c1-11-8-15(14-5-4-13(18)9-16(14)19-11)17(22)21-7-6-20(3)10-12(21)2/h4-5,8-9,12H,6-7,10H2,1-3H3/t12-/m1/s1. The highest BCUT2D eigenvalue weighted by Gasteiger charge is 2.27. The molecule has 0 aliphatic carbocycles. The van der Waals surface area contributed by atoms with E-state index in [0.717, 1.165) is 18.8 Å². The quantitative estimate of drug-likeness (QED) is 0.812. The Morgan fingerprint density at radius 1 is 1.32 bits per heavy atom. The molecule has 0 bridgehead atoms. The van der Waals surface area contributed by atoms with Crippen molar-refractivity contribution in [1.29, 1.82) is 0 Å². The summed E-state index contributed by atoms with van der Waals surface area (Å²) in [5.74, 6) is -0.334. The van der Waals surface area contributed by atoms with Gasteiger partial charge in [-0.15, -0.1) is 0 Å². The van der Waals surface area contributed by atoms with Crippen LogP contribution in [0.4, 0.5) is 4.39 Å². The van der Waals surface area contributed by atoms with E-state index in [4.69, 9.17) is 0 Å². The third kappa shape index (κ3) is 2.68. The number of carbonyl (C=O) groups excluding carboxylic acids is 1. The Morgan fingerprint density at radius 2 is 2.09 bits per heavy atom. The summed E-state index contributed by atoms with van der Waals surface area (Å²) in [6.45, 7) is 6.33. The molecule has 22 heavy (non-hydrogen) atoms. The number of likely N-dealkylation sites (N-methyl/N-ethyl adjacent to an activating group) is 1. The van der Waals surface area contributed by atoms with Crippen LogP contribution in [-0.2, 0) is 0 Å². The summed E-state index contributed by atoms with van der Waals surface area (Å²) >= 11 is 0. The first kappa shape index (κ1) is 14.9. The average molecular weight is 301 g/mol. The number of hydrogen-bond acceptors (Lipinski definition) is 3. The maximum Gasteiger partial charge on any atom is 0.254 e. The van der Waals surface area contributed by atoms with Crippen molar-refractivity contribution < 1.29 is 9.18 Å². The molecule has 1 aromatic heterocycles. The topological polar surface area (TPSA) is 36.4 Å². The fourth-order valence-electron chi connectivity index (χ4n) is 3.11. The molecule has 4 nitrogen and oxygen atoms in total. The van der Waals surface area contributed by atoms with E-state index in [9.17, 15) is 9.18 Å². The van der Waals surface area contributed by atoms with E-state index >= 15 is 0 Å². The van der Waals surface area contributed by atoms with Gasteiger partial charge in [-0.2, -0.15) is 0 Å². The smallest absolute Gasteiger partial charge is 0.254 e. The number of aryl methyl sites for hydroxylation is 1. The maximum absolute atomic E-state index is 13.4. The van der Waals surface area contributed by atoms with E-state index in [-0.39, 0.29) is 17.8 Å². The lowest BCUT2D eigenvalue weighted by Gasteiger charge is -2.38. The van der Waals surface area contributed by atoms with Crippen molar-refractivity contribution in [3.63, 3.8) is 0 Å². The number of piperazine rings is 1. The molecule has 2 aromatic rings. The number of rotatable bonds is 1. The lowest BCUT2D eigenvalue weighted by Crippen LogP contribution is -2.52. The predicted molar refractivity (Wildman–Crippen MR) is 84.4 cm³/mol. The zero-order chi connectivity index (χ0) is 15.9. The first-order valence-corrected chi connectivity index (χ1v) is 7.52. The highest BCUT2D eigenvalue weighted by Crippen LogP contribution is 2.22. The molecule has 0 saturated carbocycles. The van der Waals surface area contributed by atoms with Gasteiger partial charge in [0.05, 0.1) is 11.1 Å². The Labute approximate surface area is 129 Å². The Morgan fingerprint density at radius 3 is 2.82 bits per heavy atom. The molecule has 0 unspecified atom stereocenters. The zero-order valence-electron chi connectivity index (χ0n) is 13.1. The van der Waals surface area contributed by atoms with Gasteiger partial charge in [0, 0.05) is 42.8 Å². The van der Waals surface area contributed by atoms with Crippen molar-refractivity contribution in [2.24, 2.45) is 0 Å². The number of fused-ring (bicyclic) bond motifs is 1. The number of hydrogen-bond donors (Lipinski definition) is 0. The molecule has 1 saturated heterocycles. The monoisotopic (exact) mass is 301 g/mol. The van der Waals surface area contributed by atoms with Crippen LogP contribution in [0.15, 0.2) is 24.3 Å². The maximum atomic E-state index is 13.4. The molecule has 3 rings (SSSR count). The molecule has 0 radical (unpaired) electrons. The van der Waals surface area contributed by atoms with E-state index < -0.39 is 0 Å². The van der Waals surface area contributed by atoms with Gasteiger partial charge in [-0.05, 0) is 39.1 Å². The number of benzene rings is 1. The Balaban J connectivity index is 2.04. The minimum atomic E-state index is -0.336. The van der Waals surface area contributed by atoms with Gasteiger partial charge in [0.1, 0.15) is 5.82 Å². The normalized spacial score (nSPS) is 19.6. The first-order valence-electron chi connectivity index (χ1n) is 7.52. The summed E-state index contributed by atoms with van der Waals surface area (Å²) in [6, 6.07) is 6.37. The Bertz CT molecular complexity index is 726. The van der Waals surface area contributed by atoms with Crippen LogP contribution < -0.4 is 0 Å². The highest BCUT2D eigenvalue weighted by molar-refractivity contribution is 6.06. The molecule has 1 atom stereocenters. The lowest BCUT2D eigenvalue weighted by molar-refractivity contribution is 0.0535. The van der Waals surface area contributed by atoms with E-state index in [2.05, 4.69) is 23.9 Å². The van der Waals surface area contributed by atoms with Crippen LogP contribution >= 0.6 is 0 Å². The Kier molecular flexibility index (Phi) is 3.83. The molecule has 5 heteroatoms. The van der Waals surface area contributed by atoms with Crippen LogP contribution in [0.25, 0.3) is 10.9 Å². The number of aromatic nitrogens is 1. The molecule has 1 fully saturated rings. The largest absolute Gasteiger partial charge is 0.333 e. The van der Waals surface area contributed by atoms with Gasteiger partial charge < -0.3 is 9.80 Å². The molecular formula is C17H20FN3O. The second-order valence-corrected chi connectivity index (χ2v) is 6.08. The van der Waals surface area contributed by atoms with E-state index in [1.165, 1.54) is 12.1 Å². The number of amides is 1. The number of nitrogens with zero attached hydrogens (tertiary/aromatic N) is 3. The van der Waals surface area contributed by atoms with Crippen LogP contribution in [-0.4, -0.2) is 53.4 Å². The Hall–Kier alpha value is -2.01. The summed E-state index contributed by atoms with van der Waals surface area (Å²) in [4.78, 5) is 21.4. The summed E-state index contributed by atoms with van der Waals surface area (Å²) in [7, 11) is 2.06. The average Bonchev–Trinajstić information content (AvgIpc) is 2.45. The highest BCUT2D eigenvalue weighted by atomic mass is 19.1. The minimum Gasteiger partial charge on any atom is -0.333 e. The molecule has 2 heterocycles. The van der Waals surface area contributed by atoms with Crippen molar-refractivity contribution in [3.8, 4) is 0 Å². The second-order valence-electron chi connectivity index (χ2n) is 6.08. The second kappa shape index (κ2) is 5.65. The van der Waals surface area contributed by atoms with E-state index in [1.807, 2.05) is 11.8 Å². The fraction of sp³-hybridized carbons (Fsp3) is 0.412. The SMILES string of the molecule is Cc1cc(C(=O)N2CCN(C)C[C@H]2C)c2ccc(F)cc2n1. The fourth-order valence-corrected chi connectivity index (χ4v) is 3.11. The molecule has 1 aliphatic rings. The van der Waals surface area contributed by atoms with Crippen molar-refractivity contribution in [2.45, 2.75) is 19.9 Å². The van der Waals surface area contributed by atoms with Crippen LogP contribution in [0.3, 0.4) is 0 Å². The van der Waals surface area contributed by atoms with Gasteiger partial charge in [-0.25, -0.2) is 4.39 Å². The summed E-state index contributed by atoms with van der Waals surface area (Å²) in [5, 5.41) is 0.711. The third-order valence-corrected chi connectivity index (χ3v) is 4.22. The molecule has 1 aliphatic heterocycles. The molecule has 0 spiro atoms. The zero-order valence-corrected chi connectivity index (χ0v) is 13.1. The molecular weight excluding hydrogens is 281 g/mol. The van der Waals surface area contributed by atoms with Crippen LogP contribution in [0.1, 0.15) is 23.0 Å². The minimum absolute atomic E-state index is 0.00251. The number of pyridine rings is 1. The lowest BCUT2D eigenvalue weighted by atomic mass is 10.0. The van der Waals surface area contributed by atoms with Crippen molar-refractivity contribution in [1.82, 2.24) is 14.8 Å². The van der Waals surface area contributed by atoms with Crippen LogP contribution in [0.5, 0.6) is 0 Å². The van der Waals surface area contributed by atoms with Crippen LogP contribution in [0.2, 0.25) is 0 Å². The van der Waals surface area contributed by atoms with E-state index in [1.54, 1.807) is 12.1 Å². The molecule has 0 N–H and O–H groups in total. The van der Waals surface area contributed by atoms with Gasteiger partial charge in [-0.1, -0.05) is 0 Å². The van der Waals surface area contributed by atoms with Crippen LogP contribution in [0, 0.1) is 12.7 Å². The number of carbonyl (C=O) groups is 1. The molecule has 1 aromatic carbocycles. The molecule has 116 valence electrons. The van der Waals surface area contributed by atoms with Gasteiger partial charge in [0.15, 0.2) is 0 Å². The van der Waals surface area contributed by atoms with Gasteiger partial charge in [-0.3, -0.25) is 9.78 Å². The predicted octanol–water partition coefficient (Wildman–Crippen LogP) is 2.46. The summed E-state index contributed by atoms with van der Waals surface area (Å²) in [6.07, 6.45) is 0. The van der Waals surface area contributed by atoms with E-state index in [0.29, 0.717) is 23.0 Å². The number of halogens is 1. The van der Waals surface area contributed by atoms with Gasteiger partial charge >= 0.3 is 0 Å². The molecule has 1 amide bonds. The summed E-state index contributed by atoms with van der Waals surface area (Å²) in [5.41, 5.74) is 1.87. The summed E-state index contributed by atoms with van der Waals surface area (Å²) < 4.78 is 13.4. The van der Waals surface area contributed by atoms with Crippen molar-refractivity contribution >= 4 is 16.8 Å². The van der Waals surface area contributed by atoms with Crippen molar-refractivity contribution in [2.75, 3.05) is 26.7 Å². The van der Waals surface area contributed by atoms with Gasteiger partial charge in [0.25, 0.3) is 5.91 Å². The van der Waals surface area contributed by atoms with Crippen molar-refractivity contribution in [3.05, 3.63) is 41.3 Å². The first-order chi connectivity index (χ1) is 10.5.